The minimum atomic E-state index is -3.84. The fraction of sp³-hybridized carbons (Fsp3) is 0.400. The zero-order valence-corrected chi connectivity index (χ0v) is 11.4. The molecule has 1 atom stereocenters. The molecule has 2 N–H and O–H groups in total. The predicted octanol–water partition coefficient (Wildman–Crippen LogP) is 0.566. The molecule has 6 nitrogen and oxygen atoms in total. The molecule has 0 aromatic carbocycles. The molecule has 100 valence electrons. The fourth-order valence-corrected chi connectivity index (χ4v) is 2.89. The number of aliphatic carboxylic acids is 1. The van der Waals surface area contributed by atoms with Crippen LogP contribution in [0.4, 0.5) is 0 Å². The lowest BCUT2D eigenvalue weighted by Gasteiger charge is -2.13. The summed E-state index contributed by atoms with van der Waals surface area (Å²) < 4.78 is 25.9. The Labute approximate surface area is 110 Å². The highest BCUT2D eigenvalue weighted by molar-refractivity contribution is 7.98. The lowest BCUT2D eigenvalue weighted by atomic mass is 10.2. The number of carboxylic acids is 1. The molecule has 0 aliphatic carbocycles. The minimum absolute atomic E-state index is 0.0413. The molecular weight excluding hydrogens is 276 g/mol. The largest absolute Gasteiger partial charge is 0.480 e. The molecule has 0 saturated heterocycles. The van der Waals surface area contributed by atoms with Crippen molar-refractivity contribution in [1.82, 2.24) is 9.71 Å². The van der Waals surface area contributed by atoms with E-state index in [-0.39, 0.29) is 11.3 Å². The molecule has 1 rings (SSSR count). The summed E-state index contributed by atoms with van der Waals surface area (Å²) in [6.07, 6.45) is 4.68. The lowest BCUT2D eigenvalue weighted by Crippen LogP contribution is -2.41. The first-order valence-electron chi connectivity index (χ1n) is 5.11. The van der Waals surface area contributed by atoms with E-state index in [1.54, 1.807) is 0 Å². The summed E-state index contributed by atoms with van der Waals surface area (Å²) in [4.78, 5) is 14.6. The van der Waals surface area contributed by atoms with Crippen molar-refractivity contribution < 1.29 is 18.3 Å². The maximum atomic E-state index is 11.9. The van der Waals surface area contributed by atoms with E-state index < -0.39 is 22.0 Å². The van der Waals surface area contributed by atoms with E-state index >= 15 is 0 Å². The molecule has 0 spiro atoms. The molecule has 0 aliphatic rings. The SMILES string of the molecule is CSCC[C@H](NS(=O)(=O)c1cccnc1)C(=O)O. The normalized spacial score (nSPS) is 13.2. The van der Waals surface area contributed by atoms with Crippen LogP contribution in [0.25, 0.3) is 0 Å². The summed E-state index contributed by atoms with van der Waals surface area (Å²) >= 11 is 1.46. The van der Waals surface area contributed by atoms with Gasteiger partial charge in [0, 0.05) is 12.4 Å². The van der Waals surface area contributed by atoms with Gasteiger partial charge in [-0.1, -0.05) is 0 Å². The second-order valence-corrected chi connectivity index (χ2v) is 6.18. The highest BCUT2D eigenvalue weighted by atomic mass is 32.2. The number of hydrogen-bond acceptors (Lipinski definition) is 5. The number of rotatable bonds is 7. The standard InChI is InChI=1S/C10H14N2O4S2/c1-17-6-4-9(10(13)14)12-18(15,16)8-3-2-5-11-7-8/h2-3,5,7,9,12H,4,6H2,1H3,(H,13,14)/t9-/m0/s1. The van der Waals surface area contributed by atoms with Crippen molar-refractivity contribution >= 4 is 27.8 Å². The zero-order valence-electron chi connectivity index (χ0n) is 9.74. The first-order valence-corrected chi connectivity index (χ1v) is 7.99. The van der Waals surface area contributed by atoms with E-state index in [9.17, 15) is 13.2 Å². The molecule has 0 fully saturated rings. The third-order valence-corrected chi connectivity index (χ3v) is 4.25. The van der Waals surface area contributed by atoms with Gasteiger partial charge in [0.05, 0.1) is 0 Å². The first kappa shape index (κ1) is 14.9. The highest BCUT2D eigenvalue weighted by Crippen LogP contribution is 2.09. The molecule has 8 heteroatoms. The van der Waals surface area contributed by atoms with Gasteiger partial charge in [-0.25, -0.2) is 8.42 Å². The second-order valence-electron chi connectivity index (χ2n) is 3.48. The minimum Gasteiger partial charge on any atom is -0.480 e. The van der Waals surface area contributed by atoms with Gasteiger partial charge in [-0.2, -0.15) is 16.5 Å². The Hall–Kier alpha value is -1.12. The lowest BCUT2D eigenvalue weighted by molar-refractivity contribution is -0.139. The maximum absolute atomic E-state index is 11.9. The number of thioether (sulfide) groups is 1. The van der Waals surface area contributed by atoms with Crippen LogP contribution in [0.3, 0.4) is 0 Å². The molecule has 1 aromatic heterocycles. The quantitative estimate of drug-likeness (QED) is 0.762. The van der Waals surface area contributed by atoms with Crippen molar-refractivity contribution in [2.45, 2.75) is 17.4 Å². The van der Waals surface area contributed by atoms with E-state index in [1.165, 1.54) is 36.3 Å². The number of carbonyl (C=O) groups is 1. The number of nitrogens with one attached hydrogen (secondary N) is 1. The topological polar surface area (TPSA) is 96.4 Å². The van der Waals surface area contributed by atoms with Crippen LogP contribution in [0, 0.1) is 0 Å². The molecule has 0 amide bonds. The molecule has 0 aliphatic heterocycles. The van der Waals surface area contributed by atoms with Crippen molar-refractivity contribution in [3.8, 4) is 0 Å². The summed E-state index contributed by atoms with van der Waals surface area (Å²) in [6.45, 7) is 0. The van der Waals surface area contributed by atoms with Crippen LogP contribution in [0.1, 0.15) is 6.42 Å². The van der Waals surface area contributed by atoms with Crippen LogP contribution in [0.2, 0.25) is 0 Å². The maximum Gasteiger partial charge on any atom is 0.321 e. The van der Waals surface area contributed by atoms with Gasteiger partial charge < -0.3 is 5.11 Å². The summed E-state index contributed by atoms with van der Waals surface area (Å²) in [5.41, 5.74) is 0. The van der Waals surface area contributed by atoms with Crippen LogP contribution in [-0.4, -0.2) is 42.5 Å². The number of sulfonamides is 1. The Morgan fingerprint density at radius 3 is 2.83 bits per heavy atom. The van der Waals surface area contributed by atoms with Crippen LogP contribution in [-0.2, 0) is 14.8 Å². The van der Waals surface area contributed by atoms with Crippen LogP contribution in [0.15, 0.2) is 29.4 Å². The number of nitrogens with zero attached hydrogens (tertiary/aromatic N) is 1. The third-order valence-electron chi connectivity index (χ3n) is 2.15. The summed E-state index contributed by atoms with van der Waals surface area (Å²) in [5, 5.41) is 8.96. The van der Waals surface area contributed by atoms with Crippen LogP contribution < -0.4 is 4.72 Å². The Bertz CT molecular complexity index is 490. The first-order chi connectivity index (χ1) is 8.47. The number of aromatic nitrogens is 1. The third kappa shape index (κ3) is 4.28. The predicted molar refractivity (Wildman–Crippen MR) is 69.0 cm³/mol. The van der Waals surface area contributed by atoms with Crippen LogP contribution >= 0.6 is 11.8 Å². The average Bonchev–Trinajstić information content (AvgIpc) is 2.35. The monoisotopic (exact) mass is 290 g/mol. The van der Waals surface area contributed by atoms with Gasteiger partial charge in [0.2, 0.25) is 10.0 Å². The van der Waals surface area contributed by atoms with E-state index in [4.69, 9.17) is 5.11 Å². The summed E-state index contributed by atoms with van der Waals surface area (Å²) in [5.74, 6) is -0.622. The molecule has 1 aromatic rings. The van der Waals surface area contributed by atoms with E-state index in [0.29, 0.717) is 5.75 Å². The van der Waals surface area contributed by atoms with Gasteiger partial charge in [-0.15, -0.1) is 0 Å². The van der Waals surface area contributed by atoms with Gasteiger partial charge in [0.25, 0.3) is 0 Å². The van der Waals surface area contributed by atoms with Crippen LogP contribution in [0.5, 0.6) is 0 Å². The number of hydrogen-bond donors (Lipinski definition) is 2. The van der Waals surface area contributed by atoms with Crippen molar-refractivity contribution in [2.75, 3.05) is 12.0 Å². The molecule has 0 bridgehead atoms. The molecule has 18 heavy (non-hydrogen) atoms. The van der Waals surface area contributed by atoms with Crippen molar-refractivity contribution in [3.63, 3.8) is 0 Å². The fourth-order valence-electron chi connectivity index (χ4n) is 1.23. The van der Waals surface area contributed by atoms with Gasteiger partial charge in [0.15, 0.2) is 0 Å². The van der Waals surface area contributed by atoms with Gasteiger partial charge >= 0.3 is 5.97 Å². The molecular formula is C10H14N2O4S2. The Kier molecular flexibility index (Phi) is 5.57. The average molecular weight is 290 g/mol. The molecule has 0 unspecified atom stereocenters. The highest BCUT2D eigenvalue weighted by Gasteiger charge is 2.24. The smallest absolute Gasteiger partial charge is 0.321 e. The van der Waals surface area contributed by atoms with Gasteiger partial charge in [-0.05, 0) is 30.6 Å². The summed E-state index contributed by atoms with van der Waals surface area (Å²) in [7, 11) is -3.84. The van der Waals surface area contributed by atoms with Gasteiger partial charge in [0.1, 0.15) is 10.9 Å². The van der Waals surface area contributed by atoms with Gasteiger partial charge in [-0.3, -0.25) is 9.78 Å². The van der Waals surface area contributed by atoms with Crippen molar-refractivity contribution in [1.29, 1.82) is 0 Å². The van der Waals surface area contributed by atoms with Crippen molar-refractivity contribution in [3.05, 3.63) is 24.5 Å². The molecule has 0 saturated carbocycles. The Morgan fingerprint density at radius 1 is 1.61 bits per heavy atom. The second kappa shape index (κ2) is 6.72. The van der Waals surface area contributed by atoms with E-state index in [0.717, 1.165) is 0 Å². The summed E-state index contributed by atoms with van der Waals surface area (Å²) in [6, 6.07) is 1.72. The molecule has 1 heterocycles. The zero-order chi connectivity index (χ0) is 13.6. The number of carboxylic acid groups (broad SMARTS) is 1. The number of pyridine rings is 1. The van der Waals surface area contributed by atoms with Crippen molar-refractivity contribution in [2.24, 2.45) is 0 Å². The Balaban J connectivity index is 2.83. The Morgan fingerprint density at radius 2 is 2.33 bits per heavy atom. The van der Waals surface area contributed by atoms with E-state index in [1.807, 2.05) is 6.26 Å². The van der Waals surface area contributed by atoms with E-state index in [2.05, 4.69) is 9.71 Å². The molecule has 0 radical (unpaired) electrons.